The molecule has 0 spiro atoms. The number of benzene rings is 2. The van der Waals surface area contributed by atoms with Crippen LogP contribution in [0.25, 0.3) is 6.08 Å². The van der Waals surface area contributed by atoms with Crippen LogP contribution in [0.4, 0.5) is 5.69 Å². The van der Waals surface area contributed by atoms with Crippen molar-refractivity contribution in [1.82, 2.24) is 4.90 Å². The van der Waals surface area contributed by atoms with Gasteiger partial charge in [-0.1, -0.05) is 17.5 Å². The van der Waals surface area contributed by atoms with Gasteiger partial charge in [-0.2, -0.15) is 0 Å². The fourth-order valence-corrected chi connectivity index (χ4v) is 5.86. The highest BCUT2D eigenvalue weighted by Crippen LogP contribution is 2.37. The summed E-state index contributed by atoms with van der Waals surface area (Å²) in [4.78, 5) is 19.4. The van der Waals surface area contributed by atoms with Crippen molar-refractivity contribution in [2.45, 2.75) is 0 Å². The van der Waals surface area contributed by atoms with Crippen molar-refractivity contribution in [3.8, 4) is 18.1 Å². The lowest BCUT2D eigenvalue weighted by Crippen LogP contribution is -2.23. The Bertz CT molecular complexity index is 1100. The summed E-state index contributed by atoms with van der Waals surface area (Å²) < 4.78 is 8.47. The van der Waals surface area contributed by atoms with Gasteiger partial charge in [-0.15, -0.1) is 6.42 Å². The zero-order chi connectivity index (χ0) is 21.1. The Hall–Kier alpha value is -0.740. The van der Waals surface area contributed by atoms with E-state index in [1.165, 1.54) is 16.7 Å². The number of aliphatic imine (C=N–C) groups is 1. The maximum Gasteiger partial charge on any atom is 0.266 e. The van der Waals surface area contributed by atoms with Crippen LogP contribution in [0.15, 0.2) is 44.7 Å². The van der Waals surface area contributed by atoms with Crippen molar-refractivity contribution in [3.63, 3.8) is 0 Å². The number of hydrogen-bond donors (Lipinski definition) is 0. The number of nitrogens with zero attached hydrogens (tertiary/aromatic N) is 2. The number of ether oxygens (including phenoxy) is 1. The molecule has 0 atom stereocenters. The second-order valence-corrected chi connectivity index (χ2v) is 10.4. The van der Waals surface area contributed by atoms with Crippen LogP contribution in [0.2, 0.25) is 5.02 Å². The van der Waals surface area contributed by atoms with Crippen molar-refractivity contribution in [1.29, 1.82) is 0 Å². The molecule has 0 unspecified atom stereocenters. The van der Waals surface area contributed by atoms with E-state index in [0.717, 1.165) is 17.2 Å². The van der Waals surface area contributed by atoms with E-state index in [9.17, 15) is 4.79 Å². The van der Waals surface area contributed by atoms with E-state index in [4.69, 9.17) is 22.8 Å². The van der Waals surface area contributed by atoms with Crippen LogP contribution < -0.4 is 4.74 Å². The van der Waals surface area contributed by atoms with E-state index >= 15 is 0 Å². The smallest absolute Gasteiger partial charge is 0.266 e. The van der Waals surface area contributed by atoms with Gasteiger partial charge in [0.2, 0.25) is 0 Å². The molecule has 0 N–H and O–H groups in total. The fourth-order valence-electron chi connectivity index (χ4n) is 2.41. The third-order valence-corrected chi connectivity index (χ3v) is 7.47. The van der Waals surface area contributed by atoms with E-state index in [-0.39, 0.29) is 12.5 Å². The minimum Gasteiger partial charge on any atom is -0.479 e. The molecule has 148 valence electrons. The summed E-state index contributed by atoms with van der Waals surface area (Å²) >= 11 is 15.2. The van der Waals surface area contributed by atoms with E-state index in [0.29, 0.717) is 26.5 Å². The average molecular weight is 714 g/mol. The molecule has 1 aliphatic heterocycles. The highest BCUT2D eigenvalue weighted by molar-refractivity contribution is 14.1. The van der Waals surface area contributed by atoms with E-state index in [1.54, 1.807) is 13.1 Å². The van der Waals surface area contributed by atoms with Gasteiger partial charge < -0.3 is 4.74 Å². The van der Waals surface area contributed by atoms with Crippen molar-refractivity contribution >= 4 is 107 Å². The number of thioether (sulfide) groups is 1. The molecule has 0 aromatic heterocycles. The summed E-state index contributed by atoms with van der Waals surface area (Å²) in [7, 11) is 1.70. The molecule has 29 heavy (non-hydrogen) atoms. The number of hydrogen-bond acceptors (Lipinski definition) is 4. The Labute approximate surface area is 213 Å². The number of carbonyl (C=O) groups is 1. The topological polar surface area (TPSA) is 41.9 Å². The van der Waals surface area contributed by atoms with Crippen LogP contribution in [0.3, 0.4) is 0 Å². The third kappa shape index (κ3) is 5.50. The molecule has 1 fully saturated rings. The second kappa shape index (κ2) is 10.0. The van der Waals surface area contributed by atoms with Crippen molar-refractivity contribution < 1.29 is 9.53 Å². The average Bonchev–Trinajstić information content (AvgIpc) is 2.92. The van der Waals surface area contributed by atoms with Crippen molar-refractivity contribution in [3.05, 3.63) is 57.4 Å². The standard InChI is InChI=1S/C20H12BrClI2N2O2S/c1-3-6-28-18-11(7-12(23)9-16(18)24)8-17-19(27)26(2)20(29-17)25-13-4-5-14(21)15(22)10-13/h1,4-5,7-10H,6H2,2H3/b17-8+,25-20?. The maximum absolute atomic E-state index is 12.8. The number of amidine groups is 1. The quantitative estimate of drug-likeness (QED) is 0.205. The van der Waals surface area contributed by atoms with Crippen molar-refractivity contribution in [2.24, 2.45) is 4.99 Å². The molecule has 2 aromatic rings. The van der Waals surface area contributed by atoms with Crippen LogP contribution in [0.1, 0.15) is 5.56 Å². The van der Waals surface area contributed by atoms with Gasteiger partial charge in [-0.25, -0.2) is 4.99 Å². The van der Waals surface area contributed by atoms with E-state index in [2.05, 4.69) is 72.0 Å². The number of likely N-dealkylation sites (N-methyl/N-ethyl adjacent to an activating group) is 1. The Morgan fingerprint density at radius 1 is 1.38 bits per heavy atom. The number of carbonyl (C=O) groups excluding carboxylic acids is 1. The largest absolute Gasteiger partial charge is 0.479 e. The molecule has 1 aliphatic rings. The molecule has 2 aromatic carbocycles. The predicted octanol–water partition coefficient (Wildman–Crippen LogP) is 6.56. The molecule has 0 aliphatic carbocycles. The molecule has 1 amide bonds. The van der Waals surface area contributed by atoms with E-state index in [1.807, 2.05) is 30.3 Å². The first-order valence-corrected chi connectivity index (χ1v) is 12.2. The van der Waals surface area contributed by atoms with Gasteiger partial charge in [0.25, 0.3) is 5.91 Å². The Morgan fingerprint density at radius 2 is 2.14 bits per heavy atom. The summed E-state index contributed by atoms with van der Waals surface area (Å²) in [6.45, 7) is 0.158. The third-order valence-electron chi connectivity index (χ3n) is 3.76. The zero-order valence-electron chi connectivity index (χ0n) is 14.9. The summed E-state index contributed by atoms with van der Waals surface area (Å²) in [5.41, 5.74) is 1.47. The number of rotatable bonds is 4. The first kappa shape index (κ1) is 22.9. The fraction of sp³-hybridized carbons (Fsp3) is 0.100. The van der Waals surface area contributed by atoms with Crippen LogP contribution in [0.5, 0.6) is 5.75 Å². The Kier molecular flexibility index (Phi) is 7.94. The Morgan fingerprint density at radius 3 is 2.83 bits per heavy atom. The number of halogens is 4. The normalized spacial score (nSPS) is 16.6. The van der Waals surface area contributed by atoms with Gasteiger partial charge in [0.1, 0.15) is 12.4 Å². The Balaban J connectivity index is 1.97. The minimum atomic E-state index is -0.131. The predicted molar refractivity (Wildman–Crippen MR) is 141 cm³/mol. The van der Waals surface area contributed by atoms with Crippen LogP contribution in [-0.2, 0) is 4.79 Å². The first-order valence-electron chi connectivity index (χ1n) is 8.07. The number of terminal acetylenes is 1. The molecule has 1 saturated heterocycles. The summed E-state index contributed by atoms with van der Waals surface area (Å²) in [5.74, 6) is 3.01. The summed E-state index contributed by atoms with van der Waals surface area (Å²) in [5, 5.41) is 1.13. The summed E-state index contributed by atoms with van der Waals surface area (Å²) in [6, 6.07) is 9.35. The minimum absolute atomic E-state index is 0.131. The first-order chi connectivity index (χ1) is 13.8. The monoisotopic (exact) mass is 712 g/mol. The molecule has 1 heterocycles. The molecule has 0 bridgehead atoms. The zero-order valence-corrected chi connectivity index (χ0v) is 22.4. The molecular formula is C20H12BrClI2N2O2S. The van der Waals surface area contributed by atoms with Crippen molar-refractivity contribution in [2.75, 3.05) is 13.7 Å². The lowest BCUT2D eigenvalue weighted by atomic mass is 10.2. The highest BCUT2D eigenvalue weighted by Gasteiger charge is 2.31. The van der Waals surface area contributed by atoms with Gasteiger partial charge >= 0.3 is 0 Å². The van der Waals surface area contributed by atoms with Crippen LogP contribution in [-0.4, -0.2) is 29.6 Å². The second-order valence-electron chi connectivity index (χ2n) is 5.77. The molecule has 3 rings (SSSR count). The summed E-state index contributed by atoms with van der Waals surface area (Å²) in [6.07, 6.45) is 7.15. The number of amides is 1. The van der Waals surface area contributed by atoms with Gasteiger partial charge in [-0.3, -0.25) is 9.69 Å². The van der Waals surface area contributed by atoms with Crippen LogP contribution in [0, 0.1) is 19.5 Å². The maximum atomic E-state index is 12.8. The van der Waals surface area contributed by atoms with E-state index < -0.39 is 0 Å². The molecule has 0 radical (unpaired) electrons. The lowest BCUT2D eigenvalue weighted by molar-refractivity contribution is -0.121. The van der Waals surface area contributed by atoms with Crippen LogP contribution >= 0.6 is 84.5 Å². The molecule has 4 nitrogen and oxygen atoms in total. The van der Waals surface area contributed by atoms with Gasteiger partial charge in [0.05, 0.1) is 19.2 Å². The van der Waals surface area contributed by atoms with Gasteiger partial charge in [0.15, 0.2) is 5.17 Å². The molecule has 9 heteroatoms. The van der Waals surface area contributed by atoms with Gasteiger partial charge in [0, 0.05) is 20.7 Å². The van der Waals surface area contributed by atoms with Gasteiger partial charge in [-0.05, 0) is 109 Å². The SMILES string of the molecule is C#CCOc1c(I)cc(I)cc1/C=C1/SC(=Nc2ccc(Br)c(Cl)c2)N(C)C1=O. The molecule has 0 saturated carbocycles. The lowest BCUT2D eigenvalue weighted by Gasteiger charge is -2.10. The highest BCUT2D eigenvalue weighted by atomic mass is 127. The molecular weight excluding hydrogens is 701 g/mol.